The summed E-state index contributed by atoms with van der Waals surface area (Å²) in [4.78, 5) is 15.2. The fourth-order valence-corrected chi connectivity index (χ4v) is 5.62. The zero-order valence-electron chi connectivity index (χ0n) is 24.0. The fraction of sp³-hybridized carbons (Fsp3) is 0.306. The lowest BCUT2D eigenvalue weighted by Gasteiger charge is -2.26. The lowest BCUT2D eigenvalue weighted by Crippen LogP contribution is -2.31. The van der Waals surface area contributed by atoms with E-state index < -0.39 is 0 Å². The van der Waals surface area contributed by atoms with E-state index in [4.69, 9.17) is 4.74 Å². The molecule has 0 unspecified atom stereocenters. The van der Waals surface area contributed by atoms with Crippen LogP contribution < -0.4 is 10.2 Å². The molecule has 5 rings (SSSR count). The molecule has 2 atom stereocenters. The van der Waals surface area contributed by atoms with Crippen molar-refractivity contribution in [1.29, 1.82) is 0 Å². The van der Waals surface area contributed by atoms with E-state index in [1.807, 2.05) is 60.7 Å². The average molecular weight is 533 g/mol. The first-order chi connectivity index (χ1) is 19.4. The van der Waals surface area contributed by atoms with Crippen molar-refractivity contribution >= 4 is 17.5 Å². The number of amides is 1. The van der Waals surface area contributed by atoms with Gasteiger partial charge in [-0.3, -0.25) is 0 Å². The summed E-state index contributed by atoms with van der Waals surface area (Å²) in [5.41, 5.74) is 6.81. The molecule has 1 aliphatic heterocycles. The van der Waals surface area contributed by atoms with Crippen molar-refractivity contribution in [2.45, 2.75) is 64.0 Å². The fourth-order valence-electron chi connectivity index (χ4n) is 5.62. The minimum absolute atomic E-state index is 0.148. The molecule has 1 heterocycles. The average Bonchev–Trinajstić information content (AvgIpc) is 3.42. The highest BCUT2D eigenvalue weighted by Gasteiger charge is 2.35. The van der Waals surface area contributed by atoms with E-state index in [1.165, 1.54) is 22.3 Å². The highest BCUT2D eigenvalue weighted by Crippen LogP contribution is 2.35. The van der Waals surface area contributed by atoms with E-state index in [-0.39, 0.29) is 24.2 Å². The third-order valence-corrected chi connectivity index (χ3v) is 7.93. The van der Waals surface area contributed by atoms with Crippen LogP contribution in [0, 0.1) is 0 Å². The van der Waals surface area contributed by atoms with Crippen molar-refractivity contribution < 1.29 is 9.53 Å². The Bertz CT molecular complexity index is 1280. The molecule has 0 aromatic heterocycles. The number of ether oxygens (including phenoxy) is 1. The summed E-state index contributed by atoms with van der Waals surface area (Å²) in [6, 6.07) is 37.6. The van der Waals surface area contributed by atoms with Gasteiger partial charge >= 0.3 is 6.09 Å². The first-order valence-electron chi connectivity index (χ1n) is 14.4. The van der Waals surface area contributed by atoms with Crippen molar-refractivity contribution in [3.8, 4) is 0 Å². The van der Waals surface area contributed by atoms with Crippen molar-refractivity contribution in [3.63, 3.8) is 0 Å². The van der Waals surface area contributed by atoms with Gasteiger partial charge in [0.1, 0.15) is 6.10 Å². The zero-order chi connectivity index (χ0) is 28.1. The number of nitrogens with zero attached hydrogens (tertiary/aromatic N) is 1. The maximum atomic E-state index is 13.6. The summed E-state index contributed by atoms with van der Waals surface area (Å²) in [5.74, 6) is 1.14. The molecular formula is C36H40N2O2. The molecule has 4 nitrogen and oxygen atoms in total. The molecule has 1 amide bonds. The maximum absolute atomic E-state index is 13.6. The molecule has 1 saturated heterocycles. The van der Waals surface area contributed by atoms with Crippen molar-refractivity contribution in [3.05, 3.63) is 131 Å². The van der Waals surface area contributed by atoms with Crippen LogP contribution >= 0.6 is 0 Å². The SMILES string of the molecule is CC(C)c1ccc(C(c2ccc(C(C)C)cc2)[C@H]2C[C@@H](OC(=O)N(c3ccccc3)c3ccccc3)CN2)cc1. The third-order valence-electron chi connectivity index (χ3n) is 7.93. The lowest BCUT2D eigenvalue weighted by atomic mass is 9.82. The number of carbonyl (C=O) groups is 1. The Hall–Kier alpha value is -3.89. The van der Waals surface area contributed by atoms with Crippen LogP contribution in [-0.4, -0.2) is 24.8 Å². The Balaban J connectivity index is 1.38. The molecule has 4 heteroatoms. The Kier molecular flexibility index (Phi) is 8.66. The molecule has 0 bridgehead atoms. The van der Waals surface area contributed by atoms with Gasteiger partial charge < -0.3 is 10.1 Å². The molecule has 0 aliphatic carbocycles. The first kappa shape index (κ1) is 27.7. The number of carbonyl (C=O) groups excluding carboxylic acids is 1. The van der Waals surface area contributed by atoms with Gasteiger partial charge in [-0.2, -0.15) is 0 Å². The van der Waals surface area contributed by atoms with Gasteiger partial charge in [0.2, 0.25) is 0 Å². The Morgan fingerprint density at radius 2 is 1.10 bits per heavy atom. The van der Waals surface area contributed by atoms with E-state index in [0.717, 1.165) is 17.8 Å². The smallest absolute Gasteiger partial charge is 0.419 e. The lowest BCUT2D eigenvalue weighted by molar-refractivity contribution is 0.115. The minimum atomic E-state index is -0.357. The van der Waals surface area contributed by atoms with E-state index >= 15 is 0 Å². The van der Waals surface area contributed by atoms with E-state index in [9.17, 15) is 4.79 Å². The Morgan fingerprint density at radius 1 is 0.675 bits per heavy atom. The number of benzene rings is 4. The maximum Gasteiger partial charge on any atom is 0.419 e. The number of anilines is 2. The predicted molar refractivity (Wildman–Crippen MR) is 165 cm³/mol. The standard InChI is InChI=1S/C36H40N2O2/c1-25(2)27-15-19-29(20-16-27)35(30-21-17-28(18-22-30)26(3)4)34-23-33(24-37-34)40-36(39)38(31-11-7-5-8-12-31)32-13-9-6-10-14-32/h5-22,25-26,33-35,37H,23-24H2,1-4H3/t33-,34-/m1/s1. The van der Waals surface area contributed by atoms with E-state index in [1.54, 1.807) is 4.90 Å². The monoisotopic (exact) mass is 532 g/mol. The Labute approximate surface area is 239 Å². The van der Waals surface area contributed by atoms with Gasteiger partial charge in [0, 0.05) is 24.9 Å². The molecule has 1 fully saturated rings. The molecule has 4 aromatic carbocycles. The second-order valence-corrected chi connectivity index (χ2v) is 11.4. The van der Waals surface area contributed by atoms with Crippen molar-refractivity contribution in [2.24, 2.45) is 0 Å². The molecule has 0 saturated carbocycles. The first-order valence-corrected chi connectivity index (χ1v) is 14.4. The van der Waals surface area contributed by atoms with Crippen LogP contribution in [0.1, 0.15) is 74.1 Å². The molecule has 1 N–H and O–H groups in total. The molecule has 4 aromatic rings. The summed E-state index contributed by atoms with van der Waals surface area (Å²) in [6.07, 6.45) is 0.162. The van der Waals surface area contributed by atoms with Crippen LogP contribution in [0.2, 0.25) is 0 Å². The highest BCUT2D eigenvalue weighted by molar-refractivity contribution is 5.96. The molecule has 40 heavy (non-hydrogen) atoms. The summed E-state index contributed by atoms with van der Waals surface area (Å²) < 4.78 is 6.16. The van der Waals surface area contributed by atoms with Crippen molar-refractivity contribution in [1.82, 2.24) is 5.32 Å². The summed E-state index contributed by atoms with van der Waals surface area (Å²) >= 11 is 0. The summed E-state index contributed by atoms with van der Waals surface area (Å²) in [5, 5.41) is 3.71. The van der Waals surface area contributed by atoms with Crippen LogP contribution in [-0.2, 0) is 4.74 Å². The predicted octanol–water partition coefficient (Wildman–Crippen LogP) is 8.77. The number of para-hydroxylation sites is 2. The number of nitrogens with one attached hydrogen (secondary N) is 1. The number of hydrogen-bond acceptors (Lipinski definition) is 3. The molecule has 0 spiro atoms. The molecular weight excluding hydrogens is 492 g/mol. The molecule has 1 aliphatic rings. The zero-order valence-corrected chi connectivity index (χ0v) is 24.0. The summed E-state index contributed by atoms with van der Waals surface area (Å²) in [6.45, 7) is 9.52. The summed E-state index contributed by atoms with van der Waals surface area (Å²) in [7, 11) is 0. The second kappa shape index (κ2) is 12.5. The van der Waals surface area contributed by atoms with Gasteiger partial charge in [-0.15, -0.1) is 0 Å². The third kappa shape index (κ3) is 6.29. The van der Waals surface area contributed by atoms with E-state index in [0.29, 0.717) is 18.4 Å². The molecule has 206 valence electrons. The van der Waals surface area contributed by atoms with Gasteiger partial charge in [0.25, 0.3) is 0 Å². The van der Waals surface area contributed by atoms with Crippen LogP contribution in [0.25, 0.3) is 0 Å². The minimum Gasteiger partial charge on any atom is -0.444 e. The van der Waals surface area contributed by atoms with Gasteiger partial charge in [0.05, 0.1) is 11.4 Å². The largest absolute Gasteiger partial charge is 0.444 e. The van der Waals surface area contributed by atoms with Gasteiger partial charge in [0.15, 0.2) is 0 Å². The van der Waals surface area contributed by atoms with Gasteiger partial charge in [-0.1, -0.05) is 113 Å². The van der Waals surface area contributed by atoms with Gasteiger partial charge in [-0.05, 0) is 58.4 Å². The van der Waals surface area contributed by atoms with Crippen LogP contribution in [0.5, 0.6) is 0 Å². The quantitative estimate of drug-likeness (QED) is 0.247. The number of hydrogen-bond donors (Lipinski definition) is 1. The van der Waals surface area contributed by atoms with Crippen LogP contribution in [0.15, 0.2) is 109 Å². The van der Waals surface area contributed by atoms with Crippen LogP contribution in [0.3, 0.4) is 0 Å². The Morgan fingerprint density at radius 3 is 1.52 bits per heavy atom. The van der Waals surface area contributed by atoms with Gasteiger partial charge in [-0.25, -0.2) is 9.69 Å². The second-order valence-electron chi connectivity index (χ2n) is 11.4. The van der Waals surface area contributed by atoms with Crippen molar-refractivity contribution in [2.75, 3.05) is 11.4 Å². The number of rotatable bonds is 8. The topological polar surface area (TPSA) is 41.6 Å². The normalized spacial score (nSPS) is 17.0. The van der Waals surface area contributed by atoms with Crippen LogP contribution in [0.4, 0.5) is 16.2 Å². The molecule has 0 radical (unpaired) electrons. The highest BCUT2D eigenvalue weighted by atomic mass is 16.6. The van der Waals surface area contributed by atoms with E-state index in [2.05, 4.69) is 81.5 Å².